The van der Waals surface area contributed by atoms with Gasteiger partial charge in [-0.05, 0) is 55.7 Å². The van der Waals surface area contributed by atoms with Gasteiger partial charge in [0.15, 0.2) is 0 Å². The summed E-state index contributed by atoms with van der Waals surface area (Å²) in [6.07, 6.45) is 6.84. The van der Waals surface area contributed by atoms with Crippen LogP contribution in [0.4, 0.5) is 0 Å². The maximum absolute atomic E-state index is 11.0. The largest absolute Gasteiger partial charge is 0.481 e. The highest BCUT2D eigenvalue weighted by atomic mass is 16.5. The van der Waals surface area contributed by atoms with E-state index in [1.54, 1.807) is 7.11 Å². The van der Waals surface area contributed by atoms with Crippen LogP contribution in [-0.2, 0) is 9.53 Å². The number of carboxylic acids is 1. The van der Waals surface area contributed by atoms with Gasteiger partial charge in [0.25, 0.3) is 0 Å². The van der Waals surface area contributed by atoms with Gasteiger partial charge in [0.05, 0.1) is 5.92 Å². The number of benzene rings is 1. The quantitative estimate of drug-likeness (QED) is 0.605. The first-order chi connectivity index (χ1) is 11.2. The van der Waals surface area contributed by atoms with Crippen molar-refractivity contribution in [2.24, 2.45) is 5.92 Å². The molecule has 1 aliphatic rings. The van der Waals surface area contributed by atoms with Crippen LogP contribution in [0, 0.1) is 17.8 Å². The number of aliphatic carboxylic acids is 1. The molecule has 3 nitrogen and oxygen atoms in total. The molecule has 124 valence electrons. The minimum Gasteiger partial charge on any atom is -0.481 e. The predicted octanol–water partition coefficient (Wildman–Crippen LogP) is 4.21. The number of rotatable bonds is 7. The first-order valence-corrected chi connectivity index (χ1v) is 8.51. The second kappa shape index (κ2) is 9.37. The molecule has 1 saturated carbocycles. The Balaban J connectivity index is 1.78. The fourth-order valence-corrected chi connectivity index (χ4v) is 3.15. The van der Waals surface area contributed by atoms with E-state index in [0.29, 0.717) is 5.92 Å². The number of unbranched alkanes of at least 4 members (excludes halogenated alkanes) is 3. The number of carboxylic acid groups (broad SMARTS) is 1. The third-order valence-corrected chi connectivity index (χ3v) is 4.55. The molecule has 0 bridgehead atoms. The maximum atomic E-state index is 11.0. The van der Waals surface area contributed by atoms with Gasteiger partial charge in [-0.2, -0.15) is 0 Å². The predicted molar refractivity (Wildman–Crippen MR) is 91.4 cm³/mol. The van der Waals surface area contributed by atoms with Gasteiger partial charge in [0.2, 0.25) is 0 Å². The molecule has 0 amide bonds. The van der Waals surface area contributed by atoms with Gasteiger partial charge in [-0.1, -0.05) is 30.4 Å². The van der Waals surface area contributed by atoms with Crippen molar-refractivity contribution >= 4 is 5.97 Å². The Morgan fingerprint density at radius 1 is 1.22 bits per heavy atom. The van der Waals surface area contributed by atoms with E-state index < -0.39 is 5.97 Å². The molecule has 2 atom stereocenters. The second-order valence-electron chi connectivity index (χ2n) is 6.27. The molecule has 1 unspecified atom stereocenters. The average molecular weight is 314 g/mol. The highest BCUT2D eigenvalue weighted by Crippen LogP contribution is 2.38. The summed E-state index contributed by atoms with van der Waals surface area (Å²) in [6, 6.07) is 8.33. The molecule has 1 fully saturated rings. The lowest BCUT2D eigenvalue weighted by Crippen LogP contribution is -2.09. The highest BCUT2D eigenvalue weighted by Gasteiger charge is 2.30. The summed E-state index contributed by atoms with van der Waals surface area (Å²) in [5.74, 6) is 5.99. The van der Waals surface area contributed by atoms with E-state index >= 15 is 0 Å². The minimum atomic E-state index is -0.652. The summed E-state index contributed by atoms with van der Waals surface area (Å²) < 4.78 is 5.02. The van der Waals surface area contributed by atoms with Crippen LogP contribution >= 0.6 is 0 Å². The maximum Gasteiger partial charge on any atom is 0.306 e. The normalized spacial score (nSPS) is 20.0. The first-order valence-electron chi connectivity index (χ1n) is 8.51. The molecule has 1 N–H and O–H groups in total. The number of hydrogen-bond acceptors (Lipinski definition) is 2. The SMILES string of the molecule is COCCCCCC#Cc1ccc([C@H]2CCC(C(=O)O)C2)cc1. The molecule has 0 aromatic heterocycles. The fraction of sp³-hybridized carbons (Fsp3) is 0.550. The Morgan fingerprint density at radius 2 is 2.00 bits per heavy atom. The lowest BCUT2D eigenvalue weighted by molar-refractivity contribution is -0.141. The van der Waals surface area contributed by atoms with Gasteiger partial charge in [-0.3, -0.25) is 4.79 Å². The van der Waals surface area contributed by atoms with Crippen molar-refractivity contribution in [3.05, 3.63) is 35.4 Å². The Kier molecular flexibility index (Phi) is 7.16. The van der Waals surface area contributed by atoms with E-state index in [2.05, 4.69) is 36.1 Å². The van der Waals surface area contributed by atoms with Crippen LogP contribution in [-0.4, -0.2) is 24.8 Å². The Bertz CT molecular complexity index is 550. The van der Waals surface area contributed by atoms with Crippen molar-refractivity contribution in [3.8, 4) is 11.8 Å². The lowest BCUT2D eigenvalue weighted by atomic mass is 9.95. The molecular weight excluding hydrogens is 288 g/mol. The van der Waals surface area contributed by atoms with Crippen molar-refractivity contribution in [3.63, 3.8) is 0 Å². The van der Waals surface area contributed by atoms with Crippen LogP contribution in [0.25, 0.3) is 0 Å². The van der Waals surface area contributed by atoms with Gasteiger partial charge in [-0.15, -0.1) is 0 Å². The molecule has 1 aromatic carbocycles. The molecule has 0 aliphatic heterocycles. The molecule has 0 saturated heterocycles. The lowest BCUT2D eigenvalue weighted by Gasteiger charge is -2.09. The zero-order valence-corrected chi connectivity index (χ0v) is 13.9. The number of ether oxygens (including phenoxy) is 1. The summed E-state index contributed by atoms with van der Waals surface area (Å²) in [4.78, 5) is 11.0. The fourth-order valence-electron chi connectivity index (χ4n) is 3.15. The minimum absolute atomic E-state index is 0.169. The van der Waals surface area contributed by atoms with E-state index in [1.165, 1.54) is 5.56 Å². The van der Waals surface area contributed by atoms with Gasteiger partial charge >= 0.3 is 5.97 Å². The molecule has 1 aromatic rings. The average Bonchev–Trinajstić information content (AvgIpc) is 3.05. The molecular formula is C20H26O3. The Hall–Kier alpha value is -1.79. The summed E-state index contributed by atoms with van der Waals surface area (Å²) in [5.41, 5.74) is 2.29. The van der Waals surface area contributed by atoms with Crippen molar-refractivity contribution in [2.75, 3.05) is 13.7 Å². The second-order valence-corrected chi connectivity index (χ2v) is 6.27. The molecule has 0 heterocycles. The van der Waals surface area contributed by atoms with Crippen molar-refractivity contribution in [1.82, 2.24) is 0 Å². The van der Waals surface area contributed by atoms with E-state index in [1.807, 2.05) is 0 Å². The highest BCUT2D eigenvalue weighted by molar-refractivity contribution is 5.70. The van der Waals surface area contributed by atoms with Gasteiger partial charge in [0, 0.05) is 25.7 Å². The standard InChI is InChI=1S/C20H26O3/c1-23-14-6-4-2-3-5-7-16-8-10-17(11-9-16)18-12-13-19(15-18)20(21)22/h8-11,18-19H,2-4,6,12-15H2,1H3,(H,21,22)/t18-,19?/m0/s1. The van der Waals surface area contributed by atoms with E-state index in [4.69, 9.17) is 9.84 Å². The third-order valence-electron chi connectivity index (χ3n) is 4.55. The van der Waals surface area contributed by atoms with Crippen molar-refractivity contribution < 1.29 is 14.6 Å². The smallest absolute Gasteiger partial charge is 0.306 e. The van der Waals surface area contributed by atoms with E-state index in [0.717, 1.165) is 57.1 Å². The van der Waals surface area contributed by atoms with E-state index in [-0.39, 0.29) is 5.92 Å². The van der Waals surface area contributed by atoms with Crippen molar-refractivity contribution in [2.45, 2.75) is 50.9 Å². The van der Waals surface area contributed by atoms with Crippen LogP contribution < -0.4 is 0 Å². The van der Waals surface area contributed by atoms with Gasteiger partial charge in [0.1, 0.15) is 0 Å². The zero-order valence-electron chi connectivity index (χ0n) is 13.9. The number of methoxy groups -OCH3 is 1. The topological polar surface area (TPSA) is 46.5 Å². The van der Waals surface area contributed by atoms with Crippen LogP contribution in [0.3, 0.4) is 0 Å². The summed E-state index contributed by atoms with van der Waals surface area (Å²) in [6.45, 7) is 0.832. The molecule has 3 heteroatoms. The molecule has 23 heavy (non-hydrogen) atoms. The zero-order chi connectivity index (χ0) is 16.5. The Morgan fingerprint density at radius 3 is 2.65 bits per heavy atom. The summed E-state index contributed by atoms with van der Waals surface area (Å²) in [5, 5.41) is 9.09. The van der Waals surface area contributed by atoms with E-state index in [9.17, 15) is 4.79 Å². The number of carbonyl (C=O) groups is 1. The van der Waals surface area contributed by atoms with Crippen LogP contribution in [0.1, 0.15) is 62.0 Å². The van der Waals surface area contributed by atoms with Gasteiger partial charge in [-0.25, -0.2) is 0 Å². The van der Waals surface area contributed by atoms with Crippen LogP contribution in [0.2, 0.25) is 0 Å². The van der Waals surface area contributed by atoms with Crippen LogP contribution in [0.5, 0.6) is 0 Å². The monoisotopic (exact) mass is 314 g/mol. The molecule has 2 rings (SSSR count). The summed E-state index contributed by atoms with van der Waals surface area (Å²) in [7, 11) is 1.73. The third kappa shape index (κ3) is 5.73. The Labute approximate surface area is 139 Å². The van der Waals surface area contributed by atoms with Crippen molar-refractivity contribution in [1.29, 1.82) is 0 Å². The summed E-state index contributed by atoms with van der Waals surface area (Å²) >= 11 is 0. The number of hydrogen-bond donors (Lipinski definition) is 1. The van der Waals surface area contributed by atoms with Crippen LogP contribution in [0.15, 0.2) is 24.3 Å². The first kappa shape index (κ1) is 17.6. The molecule has 1 aliphatic carbocycles. The molecule has 0 spiro atoms. The molecule has 0 radical (unpaired) electrons. The van der Waals surface area contributed by atoms with Gasteiger partial charge < -0.3 is 9.84 Å².